The molecule has 1 heterocycles. The molecule has 5 nitrogen and oxygen atoms in total. The van der Waals surface area contributed by atoms with Crippen LogP contribution in [0.2, 0.25) is 5.02 Å². The molecule has 1 saturated heterocycles. The van der Waals surface area contributed by atoms with Crippen LogP contribution in [0.15, 0.2) is 36.4 Å². The molecule has 1 aliphatic rings. The summed E-state index contributed by atoms with van der Waals surface area (Å²) in [5, 5.41) is 5.21. The highest BCUT2D eigenvalue weighted by Crippen LogP contribution is 2.36. The smallest absolute Gasteiger partial charge is 0.399 e. The first-order valence-corrected chi connectivity index (χ1v) is 9.04. The largest absolute Gasteiger partial charge is 0.497 e. The molecule has 2 N–H and O–H groups in total. The van der Waals surface area contributed by atoms with Gasteiger partial charge in [0.05, 0.1) is 16.9 Å². The van der Waals surface area contributed by atoms with Crippen LogP contribution < -0.4 is 16.1 Å². The number of hydrogen-bond donors (Lipinski definition) is 2. The summed E-state index contributed by atoms with van der Waals surface area (Å²) in [6.07, 6.45) is 0. The van der Waals surface area contributed by atoms with Gasteiger partial charge < -0.3 is 19.9 Å². The Labute approximate surface area is 167 Å². The molecule has 28 heavy (non-hydrogen) atoms. The lowest BCUT2D eigenvalue weighted by Crippen LogP contribution is -2.41. The first-order chi connectivity index (χ1) is 13.0. The molecule has 0 aromatic heterocycles. The molecule has 148 valence electrons. The van der Waals surface area contributed by atoms with Crippen LogP contribution >= 0.6 is 11.6 Å². The first-order valence-electron chi connectivity index (χ1n) is 8.67. The summed E-state index contributed by atoms with van der Waals surface area (Å²) in [5.74, 6) is -1.56. The van der Waals surface area contributed by atoms with Gasteiger partial charge in [-0.05, 0) is 52.0 Å². The number of amides is 2. The van der Waals surface area contributed by atoms with Crippen molar-refractivity contribution in [2.45, 2.75) is 38.9 Å². The summed E-state index contributed by atoms with van der Waals surface area (Å²) >= 11 is 5.85. The Balaban J connectivity index is 1.76. The predicted molar refractivity (Wildman–Crippen MR) is 106 cm³/mol. The Bertz CT molecular complexity index is 908. The van der Waals surface area contributed by atoms with E-state index in [2.05, 4.69) is 10.6 Å². The summed E-state index contributed by atoms with van der Waals surface area (Å²) in [4.78, 5) is 12.1. The van der Waals surface area contributed by atoms with Crippen molar-refractivity contribution in [2.75, 3.05) is 10.6 Å². The maximum Gasteiger partial charge on any atom is 0.497 e. The van der Waals surface area contributed by atoms with E-state index in [0.29, 0.717) is 10.7 Å². The molecule has 0 spiro atoms. The Morgan fingerprint density at radius 2 is 1.64 bits per heavy atom. The van der Waals surface area contributed by atoms with Crippen molar-refractivity contribution < 1.29 is 22.9 Å². The molecule has 0 aliphatic carbocycles. The summed E-state index contributed by atoms with van der Waals surface area (Å²) in [6, 6.07) is 7.57. The highest BCUT2D eigenvalue weighted by molar-refractivity contribution is 6.62. The normalized spacial score (nSPS) is 17.5. The maximum atomic E-state index is 14.6. The van der Waals surface area contributed by atoms with Crippen LogP contribution in [0.25, 0.3) is 0 Å². The van der Waals surface area contributed by atoms with Gasteiger partial charge in [0, 0.05) is 22.2 Å². The zero-order valence-electron chi connectivity index (χ0n) is 15.9. The molecule has 0 radical (unpaired) electrons. The summed E-state index contributed by atoms with van der Waals surface area (Å²) in [5.41, 5.74) is -1.34. The molecule has 3 rings (SSSR count). The van der Waals surface area contributed by atoms with E-state index in [1.54, 1.807) is 18.2 Å². The minimum absolute atomic E-state index is 0.0723. The quantitative estimate of drug-likeness (QED) is 0.732. The Morgan fingerprint density at radius 3 is 2.25 bits per heavy atom. The fourth-order valence-corrected chi connectivity index (χ4v) is 2.85. The molecule has 9 heteroatoms. The second-order valence-electron chi connectivity index (χ2n) is 7.53. The Kier molecular flexibility index (Phi) is 5.40. The van der Waals surface area contributed by atoms with Crippen LogP contribution in [0.5, 0.6) is 0 Å². The summed E-state index contributed by atoms with van der Waals surface area (Å²) in [7, 11) is -1.05. The van der Waals surface area contributed by atoms with Crippen LogP contribution in [-0.4, -0.2) is 24.4 Å². The van der Waals surface area contributed by atoms with Crippen molar-refractivity contribution >= 4 is 41.6 Å². The van der Waals surface area contributed by atoms with E-state index in [1.807, 2.05) is 27.7 Å². The van der Waals surface area contributed by atoms with Crippen LogP contribution in [-0.2, 0) is 9.31 Å². The van der Waals surface area contributed by atoms with Crippen molar-refractivity contribution in [2.24, 2.45) is 0 Å². The van der Waals surface area contributed by atoms with E-state index in [1.165, 1.54) is 6.07 Å². The maximum absolute atomic E-state index is 14.6. The summed E-state index contributed by atoms with van der Waals surface area (Å²) < 4.78 is 40.6. The molecule has 2 amide bonds. The topological polar surface area (TPSA) is 59.6 Å². The van der Waals surface area contributed by atoms with E-state index < -0.39 is 36.0 Å². The molecule has 1 aliphatic heterocycles. The van der Waals surface area contributed by atoms with Crippen molar-refractivity contribution in [3.05, 3.63) is 53.1 Å². The third kappa shape index (κ3) is 4.14. The van der Waals surface area contributed by atoms with Gasteiger partial charge in [-0.15, -0.1) is 0 Å². The van der Waals surface area contributed by atoms with Crippen molar-refractivity contribution in [1.82, 2.24) is 0 Å². The van der Waals surface area contributed by atoms with E-state index in [0.717, 1.165) is 12.1 Å². The monoisotopic (exact) mass is 408 g/mol. The second-order valence-corrected chi connectivity index (χ2v) is 7.97. The third-order valence-corrected chi connectivity index (χ3v) is 5.16. The third-order valence-electron chi connectivity index (χ3n) is 4.92. The van der Waals surface area contributed by atoms with E-state index in [4.69, 9.17) is 20.9 Å². The zero-order chi connectivity index (χ0) is 20.7. The molecule has 2 aromatic rings. The number of hydrogen-bond acceptors (Lipinski definition) is 3. The average Bonchev–Trinajstić information content (AvgIpc) is 2.78. The molecule has 0 atom stereocenters. The zero-order valence-corrected chi connectivity index (χ0v) is 16.7. The fourth-order valence-electron chi connectivity index (χ4n) is 2.66. The number of carbonyl (C=O) groups is 1. The Morgan fingerprint density at radius 1 is 1.00 bits per heavy atom. The van der Waals surface area contributed by atoms with Gasteiger partial charge in [0.25, 0.3) is 0 Å². The lowest BCUT2D eigenvalue weighted by molar-refractivity contribution is 0.00578. The van der Waals surface area contributed by atoms with Crippen LogP contribution in [0.1, 0.15) is 27.7 Å². The average molecular weight is 409 g/mol. The van der Waals surface area contributed by atoms with Crippen LogP contribution in [0.3, 0.4) is 0 Å². The lowest BCUT2D eigenvalue weighted by Gasteiger charge is -2.32. The number of urea groups is 1. The number of nitrogens with one attached hydrogen (secondary N) is 2. The number of halogens is 3. The fraction of sp³-hybridized carbons (Fsp3) is 0.316. The number of anilines is 2. The summed E-state index contributed by atoms with van der Waals surface area (Å²) in [6.45, 7) is 7.27. The second kappa shape index (κ2) is 7.35. The molecular weight excluding hydrogens is 388 g/mol. The lowest BCUT2D eigenvalue weighted by atomic mass is 9.78. The molecule has 0 unspecified atom stereocenters. The molecule has 1 fully saturated rings. The molecule has 0 saturated carbocycles. The number of rotatable bonds is 3. The van der Waals surface area contributed by atoms with E-state index in [-0.39, 0.29) is 11.2 Å². The minimum Gasteiger partial charge on any atom is -0.399 e. The standard InChI is InChI=1S/C19H20BClF2N2O3/c1-18(2)19(3,4)28-20(27-18)13-9-15(23)16(10-14(13)22)25-17(26)24-12-7-5-6-11(21)8-12/h5-10H,1-4H3,(H2,24,25,26). The number of carbonyl (C=O) groups excluding carboxylic acids is 1. The first kappa shape index (κ1) is 20.6. The minimum atomic E-state index is -1.05. The van der Waals surface area contributed by atoms with Gasteiger partial charge in [-0.2, -0.15) is 0 Å². The van der Waals surface area contributed by atoms with Gasteiger partial charge in [0.15, 0.2) is 0 Å². The van der Waals surface area contributed by atoms with Crippen molar-refractivity contribution in [3.63, 3.8) is 0 Å². The van der Waals surface area contributed by atoms with Crippen LogP contribution in [0, 0.1) is 11.6 Å². The predicted octanol–water partition coefficient (Wildman–Crippen LogP) is 4.56. The van der Waals surface area contributed by atoms with Crippen molar-refractivity contribution in [1.29, 1.82) is 0 Å². The van der Waals surface area contributed by atoms with Gasteiger partial charge >= 0.3 is 13.1 Å². The van der Waals surface area contributed by atoms with Gasteiger partial charge in [0.1, 0.15) is 11.6 Å². The SMILES string of the molecule is CC1(C)OB(c2cc(F)c(NC(=O)Nc3cccc(Cl)c3)cc2F)OC1(C)C. The van der Waals surface area contributed by atoms with E-state index in [9.17, 15) is 13.6 Å². The van der Waals surface area contributed by atoms with Crippen LogP contribution in [0.4, 0.5) is 25.0 Å². The van der Waals surface area contributed by atoms with Gasteiger partial charge in [-0.25, -0.2) is 13.6 Å². The molecular formula is C19H20BClF2N2O3. The highest BCUT2D eigenvalue weighted by Gasteiger charge is 2.52. The van der Waals surface area contributed by atoms with Gasteiger partial charge in [-0.1, -0.05) is 17.7 Å². The number of benzene rings is 2. The Hall–Kier alpha value is -2.16. The molecule has 0 bridgehead atoms. The van der Waals surface area contributed by atoms with Gasteiger partial charge in [0.2, 0.25) is 0 Å². The van der Waals surface area contributed by atoms with Crippen molar-refractivity contribution in [3.8, 4) is 0 Å². The van der Waals surface area contributed by atoms with Gasteiger partial charge in [-0.3, -0.25) is 0 Å². The van der Waals surface area contributed by atoms with E-state index >= 15 is 0 Å². The molecule has 2 aromatic carbocycles. The highest BCUT2D eigenvalue weighted by atomic mass is 35.5.